The van der Waals surface area contributed by atoms with Crippen molar-refractivity contribution in [3.63, 3.8) is 0 Å². The molecule has 0 spiro atoms. The van der Waals surface area contributed by atoms with E-state index in [-0.39, 0.29) is 18.9 Å². The molecule has 1 aliphatic rings. The average Bonchev–Trinajstić information content (AvgIpc) is 3.09. The zero-order valence-electron chi connectivity index (χ0n) is 16.2. The lowest BCUT2D eigenvalue weighted by Crippen LogP contribution is -2.29. The maximum atomic E-state index is 12.3. The van der Waals surface area contributed by atoms with Gasteiger partial charge in [-0.3, -0.25) is 14.4 Å². The summed E-state index contributed by atoms with van der Waals surface area (Å²) in [6.45, 7) is 2.47. The Morgan fingerprint density at radius 3 is 2.69 bits per heavy atom. The molecule has 6 nitrogen and oxygen atoms in total. The Labute approximate surface area is 178 Å². The Bertz CT molecular complexity index is 901. The molecule has 2 aromatic carbocycles. The molecule has 2 amide bonds. The fourth-order valence-corrected chi connectivity index (χ4v) is 3.56. The molecule has 152 valence electrons. The minimum atomic E-state index is -0.528. The molecule has 0 saturated carbocycles. The number of rotatable bonds is 7. The number of nitrogens with one attached hydrogen (secondary N) is 1. The number of hydrogen-bond donors (Lipinski definition) is 1. The second-order valence-electron chi connectivity index (χ2n) is 7.10. The van der Waals surface area contributed by atoms with Crippen molar-refractivity contribution in [2.24, 2.45) is 5.92 Å². The SMILES string of the molecule is Cc1ccc(NC(=O)COC(=O)[C@@H]2CC(=O)N(CCc3ccccc3)C2)cc1Br. The van der Waals surface area contributed by atoms with Gasteiger partial charge in [0.15, 0.2) is 6.61 Å². The van der Waals surface area contributed by atoms with Gasteiger partial charge in [0, 0.05) is 29.7 Å². The summed E-state index contributed by atoms with van der Waals surface area (Å²) in [7, 11) is 0. The van der Waals surface area contributed by atoms with Crippen molar-refractivity contribution in [1.29, 1.82) is 0 Å². The van der Waals surface area contributed by atoms with Gasteiger partial charge in [-0.25, -0.2) is 0 Å². The molecule has 3 rings (SSSR count). The summed E-state index contributed by atoms with van der Waals surface area (Å²) in [5.74, 6) is -1.52. The number of carbonyl (C=O) groups is 3. The maximum absolute atomic E-state index is 12.3. The summed E-state index contributed by atoms with van der Waals surface area (Å²) in [5.41, 5.74) is 2.81. The van der Waals surface area contributed by atoms with E-state index in [1.165, 1.54) is 0 Å². The van der Waals surface area contributed by atoms with Gasteiger partial charge in [-0.15, -0.1) is 0 Å². The quantitative estimate of drug-likeness (QED) is 0.645. The number of amides is 2. The van der Waals surface area contributed by atoms with Crippen LogP contribution in [0.2, 0.25) is 0 Å². The summed E-state index contributed by atoms with van der Waals surface area (Å²) in [4.78, 5) is 38.2. The van der Waals surface area contributed by atoms with E-state index >= 15 is 0 Å². The fraction of sp³-hybridized carbons (Fsp3) is 0.318. The van der Waals surface area contributed by atoms with Crippen LogP contribution in [0.15, 0.2) is 53.0 Å². The number of likely N-dealkylation sites (tertiary alicyclic amines) is 1. The minimum absolute atomic E-state index is 0.0585. The Balaban J connectivity index is 1.43. The largest absolute Gasteiger partial charge is 0.455 e. The number of ether oxygens (including phenoxy) is 1. The van der Waals surface area contributed by atoms with Crippen LogP contribution in [-0.4, -0.2) is 42.4 Å². The summed E-state index contributed by atoms with van der Waals surface area (Å²) in [5, 5.41) is 2.69. The first-order valence-corrected chi connectivity index (χ1v) is 10.3. The van der Waals surface area contributed by atoms with Crippen molar-refractivity contribution in [3.05, 3.63) is 64.1 Å². The monoisotopic (exact) mass is 458 g/mol. The van der Waals surface area contributed by atoms with Gasteiger partial charge in [0.05, 0.1) is 5.92 Å². The van der Waals surface area contributed by atoms with E-state index in [0.717, 1.165) is 22.0 Å². The van der Waals surface area contributed by atoms with Crippen molar-refractivity contribution in [1.82, 2.24) is 4.90 Å². The van der Waals surface area contributed by atoms with Crippen LogP contribution in [0.5, 0.6) is 0 Å². The molecule has 1 saturated heterocycles. The summed E-state index contributed by atoms with van der Waals surface area (Å²) in [6, 6.07) is 15.3. The topological polar surface area (TPSA) is 75.7 Å². The highest BCUT2D eigenvalue weighted by molar-refractivity contribution is 9.10. The van der Waals surface area contributed by atoms with E-state index in [0.29, 0.717) is 18.8 Å². The third kappa shape index (κ3) is 5.90. The highest BCUT2D eigenvalue weighted by Crippen LogP contribution is 2.21. The first-order valence-electron chi connectivity index (χ1n) is 9.46. The Morgan fingerprint density at radius 1 is 1.21 bits per heavy atom. The number of carbonyl (C=O) groups excluding carboxylic acids is 3. The van der Waals surface area contributed by atoms with Crippen LogP contribution >= 0.6 is 15.9 Å². The van der Waals surface area contributed by atoms with Gasteiger partial charge in [-0.2, -0.15) is 0 Å². The van der Waals surface area contributed by atoms with Gasteiger partial charge in [0.1, 0.15) is 0 Å². The second-order valence-corrected chi connectivity index (χ2v) is 7.95. The number of benzene rings is 2. The number of anilines is 1. The molecule has 1 N–H and O–H groups in total. The molecule has 0 aliphatic carbocycles. The van der Waals surface area contributed by atoms with E-state index in [4.69, 9.17) is 4.74 Å². The van der Waals surface area contributed by atoms with Crippen LogP contribution in [0.3, 0.4) is 0 Å². The third-order valence-corrected chi connectivity index (χ3v) is 5.72. The molecule has 7 heteroatoms. The number of aryl methyl sites for hydroxylation is 1. The molecule has 2 aromatic rings. The van der Waals surface area contributed by atoms with Gasteiger partial charge in [-0.1, -0.05) is 52.3 Å². The summed E-state index contributed by atoms with van der Waals surface area (Å²) in [6.07, 6.45) is 0.864. The predicted octanol–water partition coefficient (Wildman–Crippen LogP) is 3.33. The summed E-state index contributed by atoms with van der Waals surface area (Å²) >= 11 is 3.41. The van der Waals surface area contributed by atoms with Crippen molar-refractivity contribution in [2.45, 2.75) is 19.8 Å². The Hall–Kier alpha value is -2.67. The predicted molar refractivity (Wildman–Crippen MR) is 113 cm³/mol. The van der Waals surface area contributed by atoms with Crippen molar-refractivity contribution in [3.8, 4) is 0 Å². The van der Waals surface area contributed by atoms with E-state index < -0.39 is 17.8 Å². The van der Waals surface area contributed by atoms with E-state index in [2.05, 4.69) is 21.2 Å². The van der Waals surface area contributed by atoms with Gasteiger partial charge >= 0.3 is 5.97 Å². The van der Waals surface area contributed by atoms with E-state index in [1.807, 2.05) is 43.3 Å². The number of nitrogens with zero attached hydrogens (tertiary/aromatic N) is 1. The Morgan fingerprint density at radius 2 is 1.97 bits per heavy atom. The van der Waals surface area contributed by atoms with Crippen LogP contribution < -0.4 is 5.32 Å². The molecule has 1 heterocycles. The third-order valence-electron chi connectivity index (χ3n) is 4.86. The van der Waals surface area contributed by atoms with E-state index in [9.17, 15) is 14.4 Å². The van der Waals surface area contributed by atoms with Crippen molar-refractivity contribution >= 4 is 39.4 Å². The van der Waals surface area contributed by atoms with Crippen LogP contribution in [-0.2, 0) is 25.5 Å². The number of esters is 1. The molecular weight excluding hydrogens is 436 g/mol. The zero-order chi connectivity index (χ0) is 20.8. The highest BCUT2D eigenvalue weighted by Gasteiger charge is 2.35. The van der Waals surface area contributed by atoms with Gasteiger partial charge < -0.3 is 15.0 Å². The fourth-order valence-electron chi connectivity index (χ4n) is 3.18. The van der Waals surface area contributed by atoms with Crippen molar-refractivity contribution < 1.29 is 19.1 Å². The lowest BCUT2D eigenvalue weighted by Gasteiger charge is -2.16. The van der Waals surface area contributed by atoms with Crippen LogP contribution in [0, 0.1) is 12.8 Å². The molecule has 1 aliphatic heterocycles. The van der Waals surface area contributed by atoms with Gasteiger partial charge in [0.2, 0.25) is 5.91 Å². The van der Waals surface area contributed by atoms with E-state index in [1.54, 1.807) is 17.0 Å². The molecule has 0 unspecified atom stereocenters. The first kappa shape index (κ1) is 21.0. The number of halogens is 1. The standard InChI is InChI=1S/C22H23BrN2O4/c1-15-7-8-18(12-19(15)23)24-20(26)14-29-22(28)17-11-21(27)25(13-17)10-9-16-5-3-2-4-6-16/h2-8,12,17H,9-11,13-14H2,1H3,(H,24,26)/t17-/m1/s1. The molecule has 0 aromatic heterocycles. The minimum Gasteiger partial charge on any atom is -0.455 e. The van der Waals surface area contributed by atoms with Gasteiger partial charge in [0.25, 0.3) is 5.91 Å². The Kier molecular flexibility index (Phi) is 7.04. The zero-order valence-corrected chi connectivity index (χ0v) is 17.8. The second kappa shape index (κ2) is 9.69. The molecule has 1 atom stereocenters. The molecule has 29 heavy (non-hydrogen) atoms. The maximum Gasteiger partial charge on any atom is 0.311 e. The van der Waals surface area contributed by atoms with Crippen LogP contribution in [0.1, 0.15) is 17.5 Å². The summed E-state index contributed by atoms with van der Waals surface area (Å²) < 4.78 is 6.01. The molecule has 0 radical (unpaired) electrons. The lowest BCUT2D eigenvalue weighted by molar-refractivity contribution is -0.151. The molecule has 1 fully saturated rings. The normalized spacial score (nSPS) is 16.0. The molecule has 0 bridgehead atoms. The van der Waals surface area contributed by atoms with Crippen LogP contribution in [0.4, 0.5) is 5.69 Å². The van der Waals surface area contributed by atoms with Crippen molar-refractivity contribution in [2.75, 3.05) is 25.0 Å². The molecular formula is C22H23BrN2O4. The number of hydrogen-bond acceptors (Lipinski definition) is 4. The van der Waals surface area contributed by atoms with Gasteiger partial charge in [-0.05, 0) is 36.6 Å². The highest BCUT2D eigenvalue weighted by atomic mass is 79.9. The smallest absolute Gasteiger partial charge is 0.311 e. The average molecular weight is 459 g/mol. The van der Waals surface area contributed by atoms with Crippen LogP contribution in [0.25, 0.3) is 0 Å². The lowest BCUT2D eigenvalue weighted by atomic mass is 10.1. The first-order chi connectivity index (χ1) is 13.9.